The highest BCUT2D eigenvalue weighted by Crippen LogP contribution is 2.33. The van der Waals surface area contributed by atoms with E-state index in [4.69, 9.17) is 9.47 Å². The van der Waals surface area contributed by atoms with Gasteiger partial charge >= 0.3 is 0 Å². The molecule has 3 rings (SSSR count). The molecule has 0 aliphatic carbocycles. The zero-order chi connectivity index (χ0) is 14.8. The Morgan fingerprint density at radius 1 is 0.857 bits per heavy atom. The van der Waals surface area contributed by atoms with Gasteiger partial charge in [0.15, 0.2) is 17.2 Å². The number of hydrogen-bond donors (Lipinski definition) is 0. The molecule has 0 amide bonds. The molecular weight excluding hydrogens is 262 g/mol. The number of H-pyrrole nitrogens is 1. The van der Waals surface area contributed by atoms with Gasteiger partial charge in [0.2, 0.25) is 5.69 Å². The van der Waals surface area contributed by atoms with Crippen LogP contribution in [-0.2, 0) is 0 Å². The van der Waals surface area contributed by atoms with Crippen molar-refractivity contribution in [3.05, 3.63) is 54.2 Å². The molecule has 3 aromatic rings. The number of fused-ring (bicyclic) bond motifs is 1. The number of aryl methyl sites for hydroxylation is 1. The number of nitrogens with one attached hydrogen (secondary N) is 1. The van der Waals surface area contributed by atoms with Crippen molar-refractivity contribution < 1.29 is 14.5 Å². The summed E-state index contributed by atoms with van der Waals surface area (Å²) in [6.07, 6.45) is 0. The Morgan fingerprint density at radius 2 is 1.52 bits per heavy atom. The zero-order valence-corrected chi connectivity index (χ0v) is 12.4. The molecule has 0 saturated carbocycles. The van der Waals surface area contributed by atoms with Crippen molar-refractivity contribution in [2.24, 2.45) is 0 Å². The molecule has 106 valence electrons. The monoisotopic (exact) mass is 280 g/mol. The Kier molecular flexibility index (Phi) is 3.48. The summed E-state index contributed by atoms with van der Waals surface area (Å²) in [6, 6.07) is 16.4. The van der Waals surface area contributed by atoms with Gasteiger partial charge in [-0.05, 0) is 29.7 Å². The molecule has 1 aromatic heterocycles. The summed E-state index contributed by atoms with van der Waals surface area (Å²) in [5.74, 6) is 1.49. The predicted molar refractivity (Wildman–Crippen MR) is 83.8 cm³/mol. The second-order valence-electron chi connectivity index (χ2n) is 4.97. The first kappa shape index (κ1) is 13.4. The molecule has 0 radical (unpaired) electrons. The fraction of sp³-hybridized carbons (Fsp3) is 0.167. The Hall–Kier alpha value is -2.55. The van der Waals surface area contributed by atoms with Crippen LogP contribution in [0.5, 0.6) is 11.5 Å². The topological polar surface area (TPSA) is 32.6 Å². The van der Waals surface area contributed by atoms with Gasteiger partial charge in [0.05, 0.1) is 19.6 Å². The number of aromatic nitrogens is 1. The third kappa shape index (κ3) is 2.42. The predicted octanol–water partition coefficient (Wildman–Crippen LogP) is 3.65. The van der Waals surface area contributed by atoms with E-state index in [1.807, 2.05) is 30.3 Å². The van der Waals surface area contributed by atoms with Crippen LogP contribution in [0.2, 0.25) is 0 Å². The highest BCUT2D eigenvalue weighted by molar-refractivity contribution is 5.89. The van der Waals surface area contributed by atoms with Crippen LogP contribution in [0.15, 0.2) is 48.5 Å². The smallest absolute Gasteiger partial charge is 0.211 e. The zero-order valence-electron chi connectivity index (χ0n) is 12.4. The van der Waals surface area contributed by atoms with Crippen LogP contribution in [0, 0.1) is 6.92 Å². The minimum Gasteiger partial charge on any atom is -0.493 e. The van der Waals surface area contributed by atoms with Gasteiger partial charge in [-0.1, -0.05) is 18.2 Å². The summed E-state index contributed by atoms with van der Waals surface area (Å²) in [5.41, 5.74) is 3.36. The van der Waals surface area contributed by atoms with E-state index in [1.165, 1.54) is 0 Å². The van der Waals surface area contributed by atoms with Gasteiger partial charge in [0.1, 0.15) is 0 Å². The third-order valence-corrected chi connectivity index (χ3v) is 3.67. The summed E-state index contributed by atoms with van der Waals surface area (Å²) < 4.78 is 10.8. The fourth-order valence-electron chi connectivity index (χ4n) is 2.57. The summed E-state index contributed by atoms with van der Waals surface area (Å²) in [5, 5.41) is 2.26. The first-order valence-electron chi connectivity index (χ1n) is 6.87. The number of benzene rings is 2. The Labute approximate surface area is 124 Å². The average Bonchev–Trinajstić information content (AvgIpc) is 2.54. The van der Waals surface area contributed by atoms with Gasteiger partial charge in [-0.15, -0.1) is 0 Å². The minimum absolute atomic E-state index is 0.744. The van der Waals surface area contributed by atoms with Gasteiger partial charge < -0.3 is 9.47 Å². The molecule has 21 heavy (non-hydrogen) atoms. The van der Waals surface area contributed by atoms with Gasteiger partial charge in [-0.2, -0.15) is 0 Å². The van der Waals surface area contributed by atoms with E-state index in [9.17, 15) is 0 Å². The third-order valence-electron chi connectivity index (χ3n) is 3.67. The second kappa shape index (κ2) is 5.44. The molecule has 0 saturated heterocycles. The van der Waals surface area contributed by atoms with Crippen molar-refractivity contribution in [2.45, 2.75) is 6.92 Å². The van der Waals surface area contributed by atoms with Crippen molar-refractivity contribution in [2.75, 3.05) is 14.2 Å². The lowest BCUT2D eigenvalue weighted by atomic mass is 10.0. The molecule has 0 unspecified atom stereocenters. The Morgan fingerprint density at radius 3 is 2.19 bits per heavy atom. The number of hydrogen-bond acceptors (Lipinski definition) is 2. The molecule has 0 aliphatic rings. The summed E-state index contributed by atoms with van der Waals surface area (Å²) >= 11 is 0. The quantitative estimate of drug-likeness (QED) is 0.733. The minimum atomic E-state index is 0.744. The maximum Gasteiger partial charge on any atom is 0.211 e. The van der Waals surface area contributed by atoms with Gasteiger partial charge in [0, 0.05) is 18.6 Å². The average molecular weight is 280 g/mol. The first-order chi connectivity index (χ1) is 10.2. The highest BCUT2D eigenvalue weighted by Gasteiger charge is 2.14. The van der Waals surface area contributed by atoms with Crippen molar-refractivity contribution in [3.8, 4) is 22.8 Å². The number of aromatic amines is 1. The lowest BCUT2D eigenvalue weighted by Gasteiger charge is -2.09. The van der Waals surface area contributed by atoms with Gasteiger partial charge in [-0.25, -0.2) is 4.98 Å². The highest BCUT2D eigenvalue weighted by atomic mass is 16.5. The van der Waals surface area contributed by atoms with Crippen molar-refractivity contribution in [1.29, 1.82) is 0 Å². The van der Waals surface area contributed by atoms with Crippen LogP contribution in [0.4, 0.5) is 0 Å². The Balaban J connectivity index is 2.24. The molecule has 1 N–H and O–H groups in total. The molecule has 3 heteroatoms. The van der Waals surface area contributed by atoms with E-state index in [0.717, 1.165) is 39.2 Å². The number of methoxy groups -OCH3 is 2. The fourth-order valence-corrected chi connectivity index (χ4v) is 2.57. The molecule has 0 atom stereocenters. The molecule has 2 aromatic carbocycles. The molecule has 0 aliphatic heterocycles. The summed E-state index contributed by atoms with van der Waals surface area (Å²) in [7, 11) is 3.31. The largest absolute Gasteiger partial charge is 0.493 e. The van der Waals surface area contributed by atoms with Crippen LogP contribution in [-0.4, -0.2) is 14.2 Å². The Bertz CT molecular complexity index is 782. The van der Waals surface area contributed by atoms with Crippen LogP contribution >= 0.6 is 0 Å². The molecular formula is C18H18NO2+. The van der Waals surface area contributed by atoms with E-state index < -0.39 is 0 Å². The van der Waals surface area contributed by atoms with Crippen molar-refractivity contribution in [1.82, 2.24) is 0 Å². The maximum absolute atomic E-state index is 5.39. The number of ether oxygens (including phenoxy) is 2. The van der Waals surface area contributed by atoms with E-state index in [2.05, 4.69) is 30.1 Å². The lowest BCUT2D eigenvalue weighted by Crippen LogP contribution is -2.11. The lowest BCUT2D eigenvalue weighted by molar-refractivity contribution is -0.372. The molecule has 0 bridgehead atoms. The number of rotatable bonds is 3. The molecule has 3 nitrogen and oxygen atoms in total. The van der Waals surface area contributed by atoms with E-state index in [-0.39, 0.29) is 0 Å². The van der Waals surface area contributed by atoms with Crippen LogP contribution in [0.3, 0.4) is 0 Å². The van der Waals surface area contributed by atoms with Crippen molar-refractivity contribution in [3.63, 3.8) is 0 Å². The van der Waals surface area contributed by atoms with Crippen LogP contribution in [0.1, 0.15) is 5.69 Å². The molecule has 0 spiro atoms. The van der Waals surface area contributed by atoms with E-state index in [0.29, 0.717) is 0 Å². The van der Waals surface area contributed by atoms with E-state index >= 15 is 0 Å². The maximum atomic E-state index is 5.39. The number of pyridine rings is 1. The van der Waals surface area contributed by atoms with Crippen LogP contribution < -0.4 is 14.5 Å². The summed E-state index contributed by atoms with van der Waals surface area (Å²) in [6.45, 7) is 2.07. The standard InChI is InChI=1S/C18H17NO2/c1-12-15-11-18(21-3)17(20-2)10-14(15)9-16(19-12)13-7-5-4-6-8-13/h4-11H,1-3H3/p+1. The second-order valence-corrected chi connectivity index (χ2v) is 4.97. The molecule has 0 fully saturated rings. The summed E-state index contributed by atoms with van der Waals surface area (Å²) in [4.78, 5) is 3.46. The van der Waals surface area contributed by atoms with E-state index in [1.54, 1.807) is 14.2 Å². The van der Waals surface area contributed by atoms with Gasteiger partial charge in [0.25, 0.3) is 0 Å². The SMILES string of the molecule is COc1cc2cc(-c3ccccc3)[nH+]c(C)c2cc1OC. The first-order valence-corrected chi connectivity index (χ1v) is 6.87. The normalized spacial score (nSPS) is 10.6. The van der Waals surface area contributed by atoms with Gasteiger partial charge in [-0.3, -0.25) is 0 Å². The molecule has 1 heterocycles. The van der Waals surface area contributed by atoms with Crippen LogP contribution in [0.25, 0.3) is 22.0 Å². The van der Waals surface area contributed by atoms with Crippen molar-refractivity contribution >= 4 is 10.8 Å².